The average molecular weight is 232 g/mol. The van der Waals surface area contributed by atoms with Crippen molar-refractivity contribution in [3.63, 3.8) is 0 Å². The lowest BCUT2D eigenvalue weighted by Gasteiger charge is -2.32. The summed E-state index contributed by atoms with van der Waals surface area (Å²) < 4.78 is 0. The second-order valence-corrected chi connectivity index (χ2v) is 5.26. The SMILES string of the molecule is Oc1ccc2c(c1)NC(CNC1CCC1)CC2. The molecule has 1 aromatic carbocycles. The van der Waals surface area contributed by atoms with Crippen molar-refractivity contribution in [2.75, 3.05) is 11.9 Å². The van der Waals surface area contributed by atoms with E-state index in [1.54, 1.807) is 6.07 Å². The van der Waals surface area contributed by atoms with Crippen molar-refractivity contribution in [3.8, 4) is 5.75 Å². The van der Waals surface area contributed by atoms with E-state index in [9.17, 15) is 5.11 Å². The van der Waals surface area contributed by atoms with Crippen molar-refractivity contribution < 1.29 is 5.11 Å². The van der Waals surface area contributed by atoms with E-state index in [0.717, 1.165) is 24.7 Å². The van der Waals surface area contributed by atoms with Crippen LogP contribution in [-0.4, -0.2) is 23.7 Å². The average Bonchev–Trinajstić information content (AvgIpc) is 2.26. The first-order valence-corrected chi connectivity index (χ1v) is 6.63. The van der Waals surface area contributed by atoms with Gasteiger partial charge >= 0.3 is 0 Å². The summed E-state index contributed by atoms with van der Waals surface area (Å²) in [5.41, 5.74) is 2.43. The third kappa shape index (κ3) is 2.39. The molecule has 1 aliphatic heterocycles. The van der Waals surface area contributed by atoms with Gasteiger partial charge in [-0.1, -0.05) is 12.5 Å². The number of nitrogens with one attached hydrogen (secondary N) is 2. The Bertz CT molecular complexity index is 401. The smallest absolute Gasteiger partial charge is 0.117 e. The molecule has 1 atom stereocenters. The van der Waals surface area contributed by atoms with Gasteiger partial charge in [-0.05, 0) is 37.3 Å². The van der Waals surface area contributed by atoms with E-state index in [1.807, 2.05) is 12.1 Å². The molecule has 1 fully saturated rings. The molecule has 0 radical (unpaired) electrons. The van der Waals surface area contributed by atoms with Gasteiger partial charge in [0, 0.05) is 30.4 Å². The van der Waals surface area contributed by atoms with Crippen LogP contribution in [0, 0.1) is 0 Å². The molecule has 3 heteroatoms. The fraction of sp³-hybridized carbons (Fsp3) is 0.571. The molecule has 1 saturated carbocycles. The molecule has 0 aromatic heterocycles. The van der Waals surface area contributed by atoms with Crippen molar-refractivity contribution in [2.45, 2.75) is 44.2 Å². The summed E-state index contributed by atoms with van der Waals surface area (Å²) in [6.45, 7) is 1.04. The highest BCUT2D eigenvalue weighted by Gasteiger charge is 2.21. The number of aryl methyl sites for hydroxylation is 1. The fourth-order valence-corrected chi connectivity index (χ4v) is 2.61. The molecule has 1 heterocycles. The molecule has 0 amide bonds. The zero-order valence-corrected chi connectivity index (χ0v) is 10.1. The zero-order valence-electron chi connectivity index (χ0n) is 10.1. The van der Waals surface area contributed by atoms with Crippen LogP contribution in [0.25, 0.3) is 0 Å². The van der Waals surface area contributed by atoms with Gasteiger partial charge < -0.3 is 15.7 Å². The van der Waals surface area contributed by atoms with E-state index in [0.29, 0.717) is 11.8 Å². The highest BCUT2D eigenvalue weighted by atomic mass is 16.3. The number of benzene rings is 1. The maximum absolute atomic E-state index is 9.48. The number of phenolic OH excluding ortho intramolecular Hbond substituents is 1. The number of hydrogen-bond donors (Lipinski definition) is 3. The Hall–Kier alpha value is -1.22. The second kappa shape index (κ2) is 4.57. The molecule has 2 aliphatic rings. The van der Waals surface area contributed by atoms with Gasteiger partial charge in [0.15, 0.2) is 0 Å². The van der Waals surface area contributed by atoms with Crippen molar-refractivity contribution in [1.82, 2.24) is 5.32 Å². The molecular formula is C14H20N2O. The summed E-state index contributed by atoms with van der Waals surface area (Å²) in [7, 11) is 0. The maximum Gasteiger partial charge on any atom is 0.117 e. The van der Waals surface area contributed by atoms with Crippen LogP contribution in [0.1, 0.15) is 31.2 Å². The minimum atomic E-state index is 0.351. The molecule has 17 heavy (non-hydrogen) atoms. The molecule has 3 rings (SSSR count). The maximum atomic E-state index is 9.48. The first-order valence-electron chi connectivity index (χ1n) is 6.63. The number of fused-ring (bicyclic) bond motifs is 1. The van der Waals surface area contributed by atoms with E-state index >= 15 is 0 Å². The number of anilines is 1. The van der Waals surface area contributed by atoms with Crippen LogP contribution in [0.5, 0.6) is 5.75 Å². The van der Waals surface area contributed by atoms with E-state index < -0.39 is 0 Å². The number of phenols is 1. The molecule has 0 spiro atoms. The van der Waals surface area contributed by atoms with E-state index in [4.69, 9.17) is 0 Å². The van der Waals surface area contributed by atoms with Crippen LogP contribution in [0.4, 0.5) is 5.69 Å². The van der Waals surface area contributed by atoms with Crippen LogP contribution in [0.3, 0.4) is 0 Å². The van der Waals surface area contributed by atoms with Crippen molar-refractivity contribution in [3.05, 3.63) is 23.8 Å². The van der Waals surface area contributed by atoms with Crippen LogP contribution in [0.2, 0.25) is 0 Å². The lowest BCUT2D eigenvalue weighted by atomic mass is 9.92. The number of hydrogen-bond acceptors (Lipinski definition) is 3. The first kappa shape index (κ1) is 10.9. The monoisotopic (exact) mass is 232 g/mol. The van der Waals surface area contributed by atoms with Crippen LogP contribution in [0.15, 0.2) is 18.2 Å². The van der Waals surface area contributed by atoms with Gasteiger partial charge in [0.05, 0.1) is 0 Å². The molecule has 92 valence electrons. The van der Waals surface area contributed by atoms with Gasteiger partial charge in [0.25, 0.3) is 0 Å². The summed E-state index contributed by atoms with van der Waals surface area (Å²) in [6.07, 6.45) is 6.35. The zero-order chi connectivity index (χ0) is 11.7. The van der Waals surface area contributed by atoms with Crippen molar-refractivity contribution in [1.29, 1.82) is 0 Å². The molecule has 3 N–H and O–H groups in total. The summed E-state index contributed by atoms with van der Waals surface area (Å²) in [5.74, 6) is 0.351. The van der Waals surface area contributed by atoms with Gasteiger partial charge in [0.2, 0.25) is 0 Å². The van der Waals surface area contributed by atoms with Crippen LogP contribution < -0.4 is 10.6 Å². The Morgan fingerprint density at radius 2 is 2.18 bits per heavy atom. The van der Waals surface area contributed by atoms with Crippen LogP contribution in [-0.2, 0) is 6.42 Å². The standard InChI is InChI=1S/C14H20N2O/c17-13-7-5-10-4-6-12(16-14(10)8-13)9-15-11-2-1-3-11/h5,7-8,11-12,15-17H,1-4,6,9H2. The Labute approximate surface area is 102 Å². The third-order valence-corrected chi connectivity index (χ3v) is 3.97. The van der Waals surface area contributed by atoms with Gasteiger partial charge in [-0.15, -0.1) is 0 Å². The molecule has 0 bridgehead atoms. The normalized spacial score (nSPS) is 23.6. The van der Waals surface area contributed by atoms with Crippen LogP contribution >= 0.6 is 0 Å². The number of rotatable bonds is 3. The Morgan fingerprint density at radius 3 is 2.94 bits per heavy atom. The second-order valence-electron chi connectivity index (χ2n) is 5.26. The molecule has 3 nitrogen and oxygen atoms in total. The molecular weight excluding hydrogens is 212 g/mol. The topological polar surface area (TPSA) is 44.3 Å². The first-order chi connectivity index (χ1) is 8.31. The van der Waals surface area contributed by atoms with E-state index in [-0.39, 0.29) is 0 Å². The van der Waals surface area contributed by atoms with Gasteiger partial charge in [-0.25, -0.2) is 0 Å². The predicted octanol–water partition coefficient (Wildman–Crippen LogP) is 2.26. The lowest BCUT2D eigenvalue weighted by molar-refractivity contribution is 0.331. The highest BCUT2D eigenvalue weighted by molar-refractivity contribution is 5.57. The van der Waals surface area contributed by atoms with Gasteiger partial charge in [-0.3, -0.25) is 0 Å². The van der Waals surface area contributed by atoms with Gasteiger partial charge in [0.1, 0.15) is 5.75 Å². The predicted molar refractivity (Wildman–Crippen MR) is 69.5 cm³/mol. The molecule has 1 aliphatic carbocycles. The quantitative estimate of drug-likeness (QED) is 0.749. The largest absolute Gasteiger partial charge is 0.508 e. The molecule has 1 unspecified atom stereocenters. The summed E-state index contributed by atoms with van der Waals surface area (Å²) >= 11 is 0. The highest BCUT2D eigenvalue weighted by Crippen LogP contribution is 2.28. The number of aromatic hydroxyl groups is 1. The Kier molecular flexibility index (Phi) is 2.93. The van der Waals surface area contributed by atoms with E-state index in [1.165, 1.54) is 31.2 Å². The minimum absolute atomic E-state index is 0.351. The minimum Gasteiger partial charge on any atom is -0.508 e. The van der Waals surface area contributed by atoms with Crippen molar-refractivity contribution in [2.24, 2.45) is 0 Å². The molecule has 0 saturated heterocycles. The molecule has 1 aromatic rings. The third-order valence-electron chi connectivity index (χ3n) is 3.97. The summed E-state index contributed by atoms with van der Waals surface area (Å²) in [6, 6.07) is 6.89. The fourth-order valence-electron chi connectivity index (χ4n) is 2.61. The van der Waals surface area contributed by atoms with Crippen molar-refractivity contribution >= 4 is 5.69 Å². The Morgan fingerprint density at radius 1 is 1.29 bits per heavy atom. The van der Waals surface area contributed by atoms with Gasteiger partial charge in [-0.2, -0.15) is 0 Å². The van der Waals surface area contributed by atoms with E-state index in [2.05, 4.69) is 10.6 Å². The summed E-state index contributed by atoms with van der Waals surface area (Å²) in [4.78, 5) is 0. The lowest BCUT2D eigenvalue weighted by Crippen LogP contribution is -2.43. The summed E-state index contributed by atoms with van der Waals surface area (Å²) in [5, 5.41) is 16.6. The Balaban J connectivity index is 1.59.